The van der Waals surface area contributed by atoms with Gasteiger partial charge in [-0.15, -0.1) is 0 Å². The maximum absolute atomic E-state index is 5.82. The number of hydrogen-bond acceptors (Lipinski definition) is 3. The molecule has 12 heavy (non-hydrogen) atoms. The Balaban J connectivity index is 2.47. The molecule has 0 bridgehead atoms. The molecular weight excluding hydrogens is 150 g/mol. The summed E-state index contributed by atoms with van der Waals surface area (Å²) in [7, 11) is 2.09. The number of nitrogens with two attached hydrogens (primary N) is 1. The molecule has 3 heteroatoms. The minimum Gasteiger partial charge on any atom is -0.371 e. The summed E-state index contributed by atoms with van der Waals surface area (Å²) in [5.74, 6) is 5.82. The average molecular weight is 163 g/mol. The van der Waals surface area contributed by atoms with Crippen LogP contribution in [0.25, 0.3) is 0 Å². The molecular formula is C9H13N3. The topological polar surface area (TPSA) is 32.5 Å². The predicted molar refractivity (Wildman–Crippen MR) is 51.2 cm³/mol. The standard InChI is InChI=1S/C9H13N3/c1-11-6-7-12(10)9-5-3-2-4-8(9)11/h2-5H,6-7,10H2,1H3. The van der Waals surface area contributed by atoms with Crippen molar-refractivity contribution >= 4 is 11.4 Å². The van der Waals surface area contributed by atoms with Crippen LogP contribution in [0, 0.1) is 0 Å². The fraction of sp³-hybridized carbons (Fsp3) is 0.333. The van der Waals surface area contributed by atoms with Crippen molar-refractivity contribution in [2.24, 2.45) is 5.84 Å². The van der Waals surface area contributed by atoms with E-state index >= 15 is 0 Å². The van der Waals surface area contributed by atoms with Crippen LogP contribution < -0.4 is 15.8 Å². The maximum Gasteiger partial charge on any atom is 0.0751 e. The van der Waals surface area contributed by atoms with Gasteiger partial charge in [0.05, 0.1) is 17.9 Å². The number of hydrazine groups is 1. The van der Waals surface area contributed by atoms with E-state index in [9.17, 15) is 0 Å². The molecule has 1 aromatic carbocycles. The number of fused-ring (bicyclic) bond motifs is 1. The van der Waals surface area contributed by atoms with Gasteiger partial charge in [0.25, 0.3) is 0 Å². The minimum absolute atomic E-state index is 0.896. The normalized spacial score (nSPS) is 16.2. The van der Waals surface area contributed by atoms with Gasteiger partial charge in [0.2, 0.25) is 0 Å². The molecule has 0 aliphatic carbocycles. The Morgan fingerprint density at radius 1 is 1.17 bits per heavy atom. The smallest absolute Gasteiger partial charge is 0.0751 e. The van der Waals surface area contributed by atoms with Gasteiger partial charge in [-0.1, -0.05) is 12.1 Å². The number of benzene rings is 1. The molecule has 1 aliphatic heterocycles. The number of hydrogen-bond donors (Lipinski definition) is 1. The second-order valence-electron chi connectivity index (χ2n) is 3.10. The number of likely N-dealkylation sites (N-methyl/N-ethyl adjacent to an activating group) is 1. The second kappa shape index (κ2) is 2.68. The molecule has 2 N–H and O–H groups in total. The van der Waals surface area contributed by atoms with E-state index in [2.05, 4.69) is 18.0 Å². The average Bonchev–Trinajstić information content (AvgIpc) is 2.12. The summed E-state index contributed by atoms with van der Waals surface area (Å²) < 4.78 is 0. The van der Waals surface area contributed by atoms with Crippen molar-refractivity contribution in [3.63, 3.8) is 0 Å². The molecule has 2 rings (SSSR count). The Morgan fingerprint density at radius 2 is 1.83 bits per heavy atom. The van der Waals surface area contributed by atoms with Gasteiger partial charge in [0.15, 0.2) is 0 Å². The molecule has 1 aromatic rings. The summed E-state index contributed by atoms with van der Waals surface area (Å²) in [6.45, 7) is 1.89. The van der Waals surface area contributed by atoms with Crippen LogP contribution in [0.5, 0.6) is 0 Å². The van der Waals surface area contributed by atoms with E-state index in [0.717, 1.165) is 18.8 Å². The number of nitrogens with zero attached hydrogens (tertiary/aromatic N) is 2. The van der Waals surface area contributed by atoms with E-state index in [4.69, 9.17) is 5.84 Å². The van der Waals surface area contributed by atoms with Crippen molar-refractivity contribution in [1.82, 2.24) is 0 Å². The first-order valence-corrected chi connectivity index (χ1v) is 4.11. The molecule has 0 saturated heterocycles. The van der Waals surface area contributed by atoms with E-state index in [-0.39, 0.29) is 0 Å². The number of rotatable bonds is 0. The highest BCUT2D eigenvalue weighted by atomic mass is 15.4. The summed E-state index contributed by atoms with van der Waals surface area (Å²) >= 11 is 0. The van der Waals surface area contributed by atoms with E-state index < -0.39 is 0 Å². The van der Waals surface area contributed by atoms with Gasteiger partial charge in [0, 0.05) is 13.6 Å². The fourth-order valence-electron chi connectivity index (χ4n) is 1.53. The molecule has 0 radical (unpaired) electrons. The zero-order valence-electron chi connectivity index (χ0n) is 7.20. The largest absolute Gasteiger partial charge is 0.371 e. The molecule has 1 aliphatic rings. The molecule has 64 valence electrons. The highest BCUT2D eigenvalue weighted by molar-refractivity contribution is 5.72. The molecule has 3 nitrogen and oxygen atoms in total. The lowest BCUT2D eigenvalue weighted by Gasteiger charge is -2.33. The van der Waals surface area contributed by atoms with Crippen LogP contribution >= 0.6 is 0 Å². The van der Waals surface area contributed by atoms with Gasteiger partial charge < -0.3 is 9.91 Å². The summed E-state index contributed by atoms with van der Waals surface area (Å²) in [5, 5.41) is 1.80. The summed E-state index contributed by atoms with van der Waals surface area (Å²) in [6.07, 6.45) is 0. The third-order valence-electron chi connectivity index (χ3n) is 2.28. The third kappa shape index (κ3) is 1.02. The van der Waals surface area contributed by atoms with Gasteiger partial charge in [-0.25, -0.2) is 5.84 Å². The van der Waals surface area contributed by atoms with Crippen LogP contribution in [0.4, 0.5) is 11.4 Å². The summed E-state index contributed by atoms with van der Waals surface area (Å²) in [6, 6.07) is 8.19. The Labute approximate surface area is 72.4 Å². The number of para-hydroxylation sites is 2. The molecule has 0 atom stereocenters. The van der Waals surface area contributed by atoms with E-state index in [0.29, 0.717) is 0 Å². The Morgan fingerprint density at radius 3 is 2.50 bits per heavy atom. The van der Waals surface area contributed by atoms with Crippen molar-refractivity contribution in [3.8, 4) is 0 Å². The minimum atomic E-state index is 0.896. The first-order chi connectivity index (χ1) is 5.79. The zero-order chi connectivity index (χ0) is 8.55. The second-order valence-corrected chi connectivity index (χ2v) is 3.10. The first-order valence-electron chi connectivity index (χ1n) is 4.11. The van der Waals surface area contributed by atoms with E-state index in [1.54, 1.807) is 5.01 Å². The van der Waals surface area contributed by atoms with Gasteiger partial charge >= 0.3 is 0 Å². The molecule has 1 heterocycles. The van der Waals surface area contributed by atoms with E-state index in [1.807, 2.05) is 18.2 Å². The van der Waals surface area contributed by atoms with Crippen molar-refractivity contribution < 1.29 is 0 Å². The third-order valence-corrected chi connectivity index (χ3v) is 2.28. The van der Waals surface area contributed by atoms with Crippen LogP contribution in [-0.4, -0.2) is 20.1 Å². The highest BCUT2D eigenvalue weighted by Gasteiger charge is 2.16. The number of anilines is 2. The fourth-order valence-corrected chi connectivity index (χ4v) is 1.53. The molecule has 0 spiro atoms. The lowest BCUT2D eigenvalue weighted by molar-refractivity contribution is 0.763. The molecule has 0 amide bonds. The zero-order valence-corrected chi connectivity index (χ0v) is 7.20. The quantitative estimate of drug-likeness (QED) is 0.575. The SMILES string of the molecule is CN1CCN(N)c2ccccc21. The van der Waals surface area contributed by atoms with Crippen LogP contribution in [0.2, 0.25) is 0 Å². The van der Waals surface area contributed by atoms with Gasteiger partial charge in [-0.3, -0.25) is 0 Å². The van der Waals surface area contributed by atoms with Gasteiger partial charge in [-0.2, -0.15) is 0 Å². The molecule has 0 saturated carbocycles. The van der Waals surface area contributed by atoms with Crippen molar-refractivity contribution in [2.75, 3.05) is 30.0 Å². The summed E-state index contributed by atoms with van der Waals surface area (Å²) in [4.78, 5) is 2.22. The monoisotopic (exact) mass is 163 g/mol. The summed E-state index contributed by atoms with van der Waals surface area (Å²) in [5.41, 5.74) is 2.33. The van der Waals surface area contributed by atoms with Crippen LogP contribution in [0.1, 0.15) is 0 Å². The van der Waals surface area contributed by atoms with Crippen LogP contribution in [0.3, 0.4) is 0 Å². The predicted octanol–water partition coefficient (Wildman–Crippen LogP) is 0.816. The Hall–Kier alpha value is -1.22. The van der Waals surface area contributed by atoms with Crippen molar-refractivity contribution in [2.45, 2.75) is 0 Å². The lowest BCUT2D eigenvalue weighted by atomic mass is 10.2. The van der Waals surface area contributed by atoms with Gasteiger partial charge in [0.1, 0.15) is 0 Å². The highest BCUT2D eigenvalue weighted by Crippen LogP contribution is 2.29. The van der Waals surface area contributed by atoms with Crippen LogP contribution in [-0.2, 0) is 0 Å². The maximum atomic E-state index is 5.82. The molecule has 0 unspecified atom stereocenters. The Bertz CT molecular complexity index is 256. The van der Waals surface area contributed by atoms with Crippen molar-refractivity contribution in [3.05, 3.63) is 24.3 Å². The van der Waals surface area contributed by atoms with Crippen molar-refractivity contribution in [1.29, 1.82) is 0 Å². The van der Waals surface area contributed by atoms with Crippen LogP contribution in [0.15, 0.2) is 24.3 Å². The molecule has 0 fully saturated rings. The lowest BCUT2D eigenvalue weighted by Crippen LogP contribution is -2.43. The van der Waals surface area contributed by atoms with Gasteiger partial charge in [-0.05, 0) is 12.1 Å². The van der Waals surface area contributed by atoms with E-state index in [1.165, 1.54) is 5.69 Å². The first kappa shape index (κ1) is 7.43. The Kier molecular flexibility index (Phi) is 1.66. The molecule has 0 aromatic heterocycles.